The Morgan fingerprint density at radius 2 is 1.92 bits per heavy atom. The van der Waals surface area contributed by atoms with E-state index in [0.29, 0.717) is 12.3 Å². The largest absolute Gasteiger partial charge is 0.420 e. The molecule has 4 nitrogen and oxygen atoms in total. The van der Waals surface area contributed by atoms with Crippen LogP contribution in [0.15, 0.2) is 17.1 Å². The highest BCUT2D eigenvalue weighted by Gasteiger charge is 2.26. The van der Waals surface area contributed by atoms with Crippen LogP contribution in [0.4, 0.5) is 0 Å². The summed E-state index contributed by atoms with van der Waals surface area (Å²) in [7, 11) is 0. The number of aromatic nitrogens is 1. The Kier molecular flexibility index (Phi) is 7.71. The van der Waals surface area contributed by atoms with Crippen molar-refractivity contribution in [2.75, 3.05) is 0 Å². The molecule has 0 amide bonds. The predicted octanol–water partition coefficient (Wildman–Crippen LogP) is 4.58. The van der Waals surface area contributed by atoms with Gasteiger partial charge >= 0.3 is 5.97 Å². The van der Waals surface area contributed by atoms with Gasteiger partial charge in [0.2, 0.25) is 5.43 Å². The molecule has 4 heteroatoms. The van der Waals surface area contributed by atoms with E-state index in [2.05, 4.69) is 18.4 Å². The molecule has 1 rings (SSSR count). The van der Waals surface area contributed by atoms with Gasteiger partial charge in [-0.3, -0.25) is 9.59 Å². The highest BCUT2D eigenvalue weighted by atomic mass is 16.5. The van der Waals surface area contributed by atoms with E-state index < -0.39 is 5.41 Å². The summed E-state index contributed by atoms with van der Waals surface area (Å²) >= 11 is 0. The third kappa shape index (κ3) is 5.50. The summed E-state index contributed by atoms with van der Waals surface area (Å²) in [4.78, 5) is 24.5. The summed E-state index contributed by atoms with van der Waals surface area (Å²) < 4.78 is 7.59. The number of carbonyl (C=O) groups is 1. The number of pyridine rings is 1. The van der Waals surface area contributed by atoms with Gasteiger partial charge in [-0.2, -0.15) is 0 Å². The van der Waals surface area contributed by atoms with Crippen molar-refractivity contribution in [3.63, 3.8) is 0 Å². The first-order valence-electron chi connectivity index (χ1n) is 9.19. The lowest BCUT2D eigenvalue weighted by atomic mass is 9.97. The Bertz CT molecular complexity index is 596. The van der Waals surface area contributed by atoms with Crippen molar-refractivity contribution >= 4 is 5.97 Å². The van der Waals surface area contributed by atoms with Crippen molar-refractivity contribution in [2.24, 2.45) is 11.3 Å². The zero-order valence-corrected chi connectivity index (χ0v) is 16.1. The molecule has 1 aromatic heterocycles. The molecular weight excluding hydrogens is 302 g/mol. The summed E-state index contributed by atoms with van der Waals surface area (Å²) in [5.74, 6) is 0.402. The Hall–Kier alpha value is -1.58. The zero-order chi connectivity index (χ0) is 18.3. The number of hydrogen-bond donors (Lipinski definition) is 0. The maximum Gasteiger partial charge on any atom is 0.316 e. The second-order valence-electron chi connectivity index (χ2n) is 7.52. The lowest BCUT2D eigenvalue weighted by Crippen LogP contribution is -2.29. The SMILES string of the molecule is CCCCC(CC)Cn1ccc(=O)c(OC(=O)C(C)(C)C)c1CC. The topological polar surface area (TPSA) is 48.3 Å². The minimum atomic E-state index is -0.634. The maximum absolute atomic E-state index is 12.3. The van der Waals surface area contributed by atoms with E-state index in [1.807, 2.05) is 13.1 Å². The molecule has 0 aliphatic carbocycles. The van der Waals surface area contributed by atoms with E-state index >= 15 is 0 Å². The fourth-order valence-corrected chi connectivity index (χ4v) is 2.68. The Balaban J connectivity index is 3.13. The van der Waals surface area contributed by atoms with Crippen molar-refractivity contribution < 1.29 is 9.53 Å². The molecule has 0 N–H and O–H groups in total. The van der Waals surface area contributed by atoms with Crippen LogP contribution in [0.3, 0.4) is 0 Å². The minimum Gasteiger partial charge on any atom is -0.420 e. The molecule has 136 valence electrons. The third-order valence-corrected chi connectivity index (χ3v) is 4.38. The van der Waals surface area contributed by atoms with E-state index in [-0.39, 0.29) is 17.1 Å². The van der Waals surface area contributed by atoms with Gasteiger partial charge in [0.15, 0.2) is 5.75 Å². The minimum absolute atomic E-state index is 0.199. The molecule has 0 radical (unpaired) electrons. The number of ether oxygens (including phenoxy) is 1. The highest BCUT2D eigenvalue weighted by molar-refractivity contribution is 5.78. The van der Waals surface area contributed by atoms with Gasteiger partial charge in [-0.25, -0.2) is 0 Å². The lowest BCUT2D eigenvalue weighted by molar-refractivity contribution is -0.143. The fraction of sp³-hybridized carbons (Fsp3) is 0.700. The summed E-state index contributed by atoms with van der Waals surface area (Å²) in [5, 5.41) is 0. The van der Waals surface area contributed by atoms with Crippen LogP contribution in [0.5, 0.6) is 5.75 Å². The average Bonchev–Trinajstić information content (AvgIpc) is 2.53. The van der Waals surface area contributed by atoms with Crippen LogP contribution in [0.2, 0.25) is 0 Å². The predicted molar refractivity (Wildman–Crippen MR) is 98.5 cm³/mol. The number of nitrogens with zero attached hydrogens (tertiary/aromatic N) is 1. The zero-order valence-electron chi connectivity index (χ0n) is 16.1. The number of esters is 1. The Morgan fingerprint density at radius 1 is 1.25 bits per heavy atom. The van der Waals surface area contributed by atoms with Crippen LogP contribution in [-0.2, 0) is 17.8 Å². The van der Waals surface area contributed by atoms with Gasteiger partial charge in [0.05, 0.1) is 11.1 Å². The number of hydrogen-bond acceptors (Lipinski definition) is 3. The number of carbonyl (C=O) groups excluding carboxylic acids is 1. The van der Waals surface area contributed by atoms with E-state index in [1.54, 1.807) is 20.8 Å². The van der Waals surface area contributed by atoms with E-state index in [9.17, 15) is 9.59 Å². The highest BCUT2D eigenvalue weighted by Crippen LogP contribution is 2.23. The molecule has 0 saturated heterocycles. The summed E-state index contributed by atoms with van der Waals surface area (Å²) in [6.45, 7) is 12.6. The first-order chi connectivity index (χ1) is 11.2. The van der Waals surface area contributed by atoms with Gasteiger partial charge in [0, 0.05) is 18.8 Å². The summed E-state index contributed by atoms with van der Waals surface area (Å²) in [5.41, 5.74) is -0.0390. The van der Waals surface area contributed by atoms with Gasteiger partial charge in [0.1, 0.15) is 0 Å². The normalized spacial score (nSPS) is 12.9. The first kappa shape index (κ1) is 20.5. The first-order valence-corrected chi connectivity index (χ1v) is 9.19. The molecule has 1 unspecified atom stereocenters. The molecule has 1 aromatic rings. The average molecular weight is 335 g/mol. The van der Waals surface area contributed by atoms with Gasteiger partial charge < -0.3 is 9.30 Å². The van der Waals surface area contributed by atoms with Gasteiger partial charge in [-0.05, 0) is 39.5 Å². The van der Waals surface area contributed by atoms with Crippen molar-refractivity contribution in [1.29, 1.82) is 0 Å². The van der Waals surface area contributed by atoms with Crippen molar-refractivity contribution in [3.8, 4) is 5.75 Å². The van der Waals surface area contributed by atoms with Crippen molar-refractivity contribution in [2.45, 2.75) is 80.2 Å². The van der Waals surface area contributed by atoms with Gasteiger partial charge in [-0.15, -0.1) is 0 Å². The molecule has 0 spiro atoms. The number of unbranched alkanes of at least 4 members (excludes halogenated alkanes) is 1. The molecular formula is C20H33NO3. The fourth-order valence-electron chi connectivity index (χ4n) is 2.68. The van der Waals surface area contributed by atoms with E-state index in [0.717, 1.165) is 18.7 Å². The maximum atomic E-state index is 12.3. The second-order valence-corrected chi connectivity index (χ2v) is 7.52. The van der Waals surface area contributed by atoms with E-state index in [4.69, 9.17) is 4.74 Å². The third-order valence-electron chi connectivity index (χ3n) is 4.38. The molecule has 24 heavy (non-hydrogen) atoms. The Morgan fingerprint density at radius 3 is 2.42 bits per heavy atom. The molecule has 0 aliphatic heterocycles. The van der Waals surface area contributed by atoms with Crippen LogP contribution in [-0.4, -0.2) is 10.5 Å². The van der Waals surface area contributed by atoms with Crippen LogP contribution in [0.1, 0.15) is 72.9 Å². The molecule has 0 aliphatic rings. The quantitative estimate of drug-likeness (QED) is 0.653. The molecule has 1 atom stereocenters. The standard InChI is InChI=1S/C20H33NO3/c1-7-10-11-15(8-2)14-21-13-12-17(22)18(16(21)9-3)24-19(23)20(4,5)6/h12-13,15H,7-11,14H2,1-6H3. The van der Waals surface area contributed by atoms with Crippen LogP contribution >= 0.6 is 0 Å². The summed E-state index contributed by atoms with van der Waals surface area (Å²) in [6, 6.07) is 1.51. The number of rotatable bonds is 8. The van der Waals surface area contributed by atoms with Crippen molar-refractivity contribution in [1.82, 2.24) is 4.57 Å². The molecule has 0 aromatic carbocycles. The molecule has 0 fully saturated rings. The second kappa shape index (κ2) is 9.05. The Labute approximate surface area is 146 Å². The molecule has 0 bridgehead atoms. The lowest BCUT2D eigenvalue weighted by Gasteiger charge is -2.22. The van der Waals surface area contributed by atoms with Crippen molar-refractivity contribution in [3.05, 3.63) is 28.2 Å². The van der Waals surface area contributed by atoms with Gasteiger partial charge in [-0.1, -0.05) is 40.0 Å². The molecule has 1 heterocycles. The van der Waals surface area contributed by atoms with Crippen LogP contribution in [0, 0.1) is 11.3 Å². The van der Waals surface area contributed by atoms with E-state index in [1.165, 1.54) is 25.3 Å². The van der Waals surface area contributed by atoms with Crippen LogP contribution < -0.4 is 10.2 Å². The van der Waals surface area contributed by atoms with Gasteiger partial charge in [0.25, 0.3) is 0 Å². The summed E-state index contributed by atoms with van der Waals surface area (Å²) in [6.07, 6.45) is 7.19. The van der Waals surface area contributed by atoms with Crippen LogP contribution in [0.25, 0.3) is 0 Å². The monoisotopic (exact) mass is 335 g/mol. The smallest absolute Gasteiger partial charge is 0.316 e. The molecule has 0 saturated carbocycles.